The molecule has 15 heavy (non-hydrogen) atoms. The van der Waals surface area contributed by atoms with Gasteiger partial charge in [0.25, 0.3) is 0 Å². The zero-order valence-electron chi connectivity index (χ0n) is 9.36. The van der Waals surface area contributed by atoms with Crippen LogP contribution in [0.1, 0.15) is 20.3 Å². The van der Waals surface area contributed by atoms with Gasteiger partial charge in [0, 0.05) is 12.3 Å². The van der Waals surface area contributed by atoms with Crippen molar-refractivity contribution in [1.29, 1.82) is 0 Å². The first kappa shape index (κ1) is 14.5. The molecule has 0 bridgehead atoms. The summed E-state index contributed by atoms with van der Waals surface area (Å²) in [6, 6.07) is 0. The number of carbonyl (C=O) groups is 2. The summed E-state index contributed by atoms with van der Waals surface area (Å²) in [7, 11) is 0. The molecule has 1 N–H and O–H groups in total. The zero-order valence-corrected chi connectivity index (χ0v) is 10.2. The van der Waals surface area contributed by atoms with Crippen LogP contribution < -0.4 is 0 Å². The first-order valence-electron chi connectivity index (χ1n) is 5.13. The molecule has 0 aromatic carbocycles. The number of ketones is 1. The lowest BCUT2D eigenvalue weighted by Crippen LogP contribution is -2.25. The molecule has 0 heterocycles. The van der Waals surface area contributed by atoms with Crippen molar-refractivity contribution >= 4 is 23.5 Å². The maximum Gasteiger partial charge on any atom is 0.310 e. The Labute approximate surface area is 95.0 Å². The predicted molar refractivity (Wildman–Crippen MR) is 62.4 cm³/mol. The van der Waals surface area contributed by atoms with E-state index in [0.717, 1.165) is 25.4 Å². The van der Waals surface area contributed by atoms with Crippen LogP contribution in [0, 0.1) is 0 Å². The Morgan fingerprint density at radius 2 is 1.87 bits per heavy atom. The second-order valence-corrected chi connectivity index (χ2v) is 4.29. The van der Waals surface area contributed by atoms with E-state index in [1.807, 2.05) is 0 Å². The number of hydrogen-bond acceptors (Lipinski definition) is 4. The molecular weight excluding hydrogens is 214 g/mol. The summed E-state index contributed by atoms with van der Waals surface area (Å²) in [5.41, 5.74) is 0. The van der Waals surface area contributed by atoms with Gasteiger partial charge in [-0.3, -0.25) is 9.59 Å². The highest BCUT2D eigenvalue weighted by molar-refractivity contribution is 7.99. The van der Waals surface area contributed by atoms with Crippen molar-refractivity contribution in [3.63, 3.8) is 0 Å². The normalized spacial score (nSPS) is 10.6. The topological polar surface area (TPSA) is 57.6 Å². The summed E-state index contributed by atoms with van der Waals surface area (Å²) >= 11 is 1.51. The average Bonchev–Trinajstić information content (AvgIpc) is 2.17. The first-order chi connectivity index (χ1) is 7.10. The largest absolute Gasteiger partial charge is 0.481 e. The lowest BCUT2D eigenvalue weighted by molar-refractivity contribution is -0.139. The standard InChI is InChI=1S/C10H19NO3S/c1-3-11(4-2)5-6-15-8-9(12)7-10(13)14/h3-8H2,1-2H3,(H,13,14). The van der Waals surface area contributed by atoms with Gasteiger partial charge in [-0.15, -0.1) is 0 Å². The summed E-state index contributed by atoms with van der Waals surface area (Å²) in [6.45, 7) is 7.19. The molecule has 0 aliphatic heterocycles. The Balaban J connectivity index is 3.45. The third-order valence-electron chi connectivity index (χ3n) is 2.06. The Bertz CT molecular complexity index is 205. The second-order valence-electron chi connectivity index (χ2n) is 3.19. The maximum absolute atomic E-state index is 11.0. The minimum atomic E-state index is -1.04. The third kappa shape index (κ3) is 8.44. The van der Waals surface area contributed by atoms with Gasteiger partial charge in [0.1, 0.15) is 6.42 Å². The van der Waals surface area contributed by atoms with Crippen molar-refractivity contribution in [3.8, 4) is 0 Å². The van der Waals surface area contributed by atoms with Gasteiger partial charge in [0.15, 0.2) is 5.78 Å². The molecule has 0 aromatic rings. The van der Waals surface area contributed by atoms with Crippen molar-refractivity contribution in [2.75, 3.05) is 31.1 Å². The molecule has 0 rings (SSSR count). The van der Waals surface area contributed by atoms with E-state index >= 15 is 0 Å². The first-order valence-corrected chi connectivity index (χ1v) is 6.29. The van der Waals surface area contributed by atoms with Crippen LogP contribution in [0.4, 0.5) is 0 Å². The molecule has 0 aromatic heterocycles. The molecule has 0 fully saturated rings. The number of carbonyl (C=O) groups excluding carboxylic acids is 1. The Hall–Kier alpha value is -0.550. The van der Waals surface area contributed by atoms with Crippen molar-refractivity contribution in [2.24, 2.45) is 0 Å². The number of nitrogens with zero attached hydrogens (tertiary/aromatic N) is 1. The molecule has 0 spiro atoms. The molecule has 0 amide bonds. The molecule has 0 atom stereocenters. The molecule has 0 saturated carbocycles. The number of carboxylic acid groups (broad SMARTS) is 1. The van der Waals surface area contributed by atoms with E-state index in [1.165, 1.54) is 11.8 Å². The molecule has 4 nitrogen and oxygen atoms in total. The monoisotopic (exact) mass is 233 g/mol. The van der Waals surface area contributed by atoms with Crippen molar-refractivity contribution < 1.29 is 14.7 Å². The molecule has 0 aliphatic rings. The van der Waals surface area contributed by atoms with E-state index in [0.29, 0.717) is 5.75 Å². The maximum atomic E-state index is 11.0. The van der Waals surface area contributed by atoms with Gasteiger partial charge < -0.3 is 10.0 Å². The second kappa shape index (κ2) is 8.73. The van der Waals surface area contributed by atoms with Gasteiger partial charge in [0.2, 0.25) is 0 Å². The SMILES string of the molecule is CCN(CC)CCSCC(=O)CC(=O)O. The van der Waals surface area contributed by atoms with Gasteiger partial charge in [-0.05, 0) is 13.1 Å². The number of hydrogen-bond donors (Lipinski definition) is 1. The Morgan fingerprint density at radius 1 is 1.27 bits per heavy atom. The summed E-state index contributed by atoms with van der Waals surface area (Å²) in [5, 5.41) is 8.37. The molecule has 0 radical (unpaired) electrons. The van der Waals surface area contributed by atoms with E-state index in [1.54, 1.807) is 0 Å². The van der Waals surface area contributed by atoms with E-state index < -0.39 is 5.97 Å². The summed E-state index contributed by atoms with van der Waals surface area (Å²) in [6.07, 6.45) is -0.349. The fourth-order valence-corrected chi connectivity index (χ4v) is 2.00. The molecule has 0 aliphatic carbocycles. The summed E-state index contributed by atoms with van der Waals surface area (Å²) < 4.78 is 0. The highest BCUT2D eigenvalue weighted by Gasteiger charge is 2.07. The van der Waals surface area contributed by atoms with Gasteiger partial charge in [-0.25, -0.2) is 0 Å². The van der Waals surface area contributed by atoms with Crippen LogP contribution >= 0.6 is 11.8 Å². The van der Waals surface area contributed by atoms with E-state index in [9.17, 15) is 9.59 Å². The quantitative estimate of drug-likeness (QED) is 0.477. The van der Waals surface area contributed by atoms with Gasteiger partial charge in [-0.1, -0.05) is 13.8 Å². The highest BCUT2D eigenvalue weighted by Crippen LogP contribution is 2.03. The fourth-order valence-electron chi connectivity index (χ4n) is 1.14. The number of Topliss-reactive ketones (excluding diaryl/α,β-unsaturated/α-hetero) is 1. The minimum Gasteiger partial charge on any atom is -0.481 e. The van der Waals surface area contributed by atoms with Crippen LogP contribution in [0.15, 0.2) is 0 Å². The van der Waals surface area contributed by atoms with Crippen LogP contribution in [0.25, 0.3) is 0 Å². The Kier molecular flexibility index (Phi) is 8.41. The highest BCUT2D eigenvalue weighted by atomic mass is 32.2. The predicted octanol–water partition coefficient (Wildman–Crippen LogP) is 1.11. The molecule has 5 heteroatoms. The number of carboxylic acids is 1. The lowest BCUT2D eigenvalue weighted by atomic mass is 10.3. The van der Waals surface area contributed by atoms with E-state index in [4.69, 9.17) is 5.11 Å². The van der Waals surface area contributed by atoms with Crippen molar-refractivity contribution in [1.82, 2.24) is 4.90 Å². The van der Waals surface area contributed by atoms with Gasteiger partial charge in [-0.2, -0.15) is 11.8 Å². The zero-order chi connectivity index (χ0) is 11.7. The number of rotatable bonds is 9. The molecule has 0 saturated heterocycles. The number of thioether (sulfide) groups is 1. The molecule has 0 unspecified atom stereocenters. The van der Waals surface area contributed by atoms with Crippen molar-refractivity contribution in [3.05, 3.63) is 0 Å². The van der Waals surface area contributed by atoms with Crippen LogP contribution in [0.5, 0.6) is 0 Å². The van der Waals surface area contributed by atoms with Crippen LogP contribution in [0.3, 0.4) is 0 Å². The molecule has 88 valence electrons. The van der Waals surface area contributed by atoms with Gasteiger partial charge >= 0.3 is 5.97 Å². The van der Waals surface area contributed by atoms with Crippen LogP contribution in [0.2, 0.25) is 0 Å². The summed E-state index contributed by atoms with van der Waals surface area (Å²) in [5.74, 6) is -0.0444. The smallest absolute Gasteiger partial charge is 0.310 e. The van der Waals surface area contributed by atoms with Crippen LogP contribution in [-0.4, -0.2) is 52.9 Å². The minimum absolute atomic E-state index is 0.202. The number of aliphatic carboxylic acids is 1. The molecular formula is C10H19NO3S. The fraction of sp³-hybridized carbons (Fsp3) is 0.800. The third-order valence-corrected chi connectivity index (χ3v) is 3.06. The summed E-state index contributed by atoms with van der Waals surface area (Å²) in [4.78, 5) is 23.5. The van der Waals surface area contributed by atoms with E-state index in [-0.39, 0.29) is 12.2 Å². The van der Waals surface area contributed by atoms with Crippen LogP contribution in [-0.2, 0) is 9.59 Å². The van der Waals surface area contributed by atoms with Crippen molar-refractivity contribution in [2.45, 2.75) is 20.3 Å². The average molecular weight is 233 g/mol. The van der Waals surface area contributed by atoms with E-state index in [2.05, 4.69) is 18.7 Å². The Morgan fingerprint density at radius 3 is 2.33 bits per heavy atom. The lowest BCUT2D eigenvalue weighted by Gasteiger charge is -2.16. The van der Waals surface area contributed by atoms with Gasteiger partial charge in [0.05, 0.1) is 5.75 Å².